The van der Waals surface area contributed by atoms with E-state index in [4.69, 9.17) is 29.0 Å². The average Bonchev–Trinajstić information content (AvgIpc) is 2.36. The number of hydrogen-bond acceptors (Lipinski definition) is 5. The molecule has 0 aliphatic carbocycles. The van der Waals surface area contributed by atoms with Crippen LogP contribution in [-0.2, 0) is 4.79 Å². The number of nitrogens with zero attached hydrogens (tertiary/aromatic N) is 2. The van der Waals surface area contributed by atoms with Gasteiger partial charge in [-0.25, -0.2) is 10.8 Å². The summed E-state index contributed by atoms with van der Waals surface area (Å²) in [7, 11) is 1.72. The summed E-state index contributed by atoms with van der Waals surface area (Å²) in [4.78, 5) is 17.6. The highest BCUT2D eigenvalue weighted by Crippen LogP contribution is 2.30. The van der Waals surface area contributed by atoms with Crippen molar-refractivity contribution in [2.75, 3.05) is 30.5 Å². The Morgan fingerprint density at radius 3 is 2.65 bits per heavy atom. The second kappa shape index (κ2) is 7.52. The van der Waals surface area contributed by atoms with Gasteiger partial charge in [-0.05, 0) is 12.0 Å². The van der Waals surface area contributed by atoms with Crippen molar-refractivity contribution >= 4 is 40.7 Å². The molecule has 0 aliphatic heterocycles. The van der Waals surface area contributed by atoms with Gasteiger partial charge in [0.2, 0.25) is 5.91 Å². The zero-order valence-electron chi connectivity index (χ0n) is 11.7. The number of nitrogens with two attached hydrogens (primary N) is 1. The predicted octanol–water partition coefficient (Wildman–Crippen LogP) is 1.88. The van der Waals surface area contributed by atoms with E-state index in [2.05, 4.69) is 15.7 Å². The number of hydrazine groups is 1. The lowest BCUT2D eigenvalue weighted by Gasteiger charge is -2.20. The van der Waals surface area contributed by atoms with Gasteiger partial charge in [-0.15, -0.1) is 0 Å². The molecule has 0 bridgehead atoms. The molecule has 0 aliphatic rings. The van der Waals surface area contributed by atoms with Gasteiger partial charge in [0.15, 0.2) is 5.82 Å². The van der Waals surface area contributed by atoms with Crippen molar-refractivity contribution < 1.29 is 4.79 Å². The number of rotatable bonds is 6. The standard InChI is InChI=1S/C12H19Cl2N5O/c1-7(2)5-16-10(20)6-19(3)12-9(14)4-8(13)11(17-12)18-15/h4,7H,5-6,15H2,1-3H3,(H,16,20)(H,17,18). The van der Waals surface area contributed by atoms with Crippen LogP contribution in [0.3, 0.4) is 0 Å². The number of carbonyl (C=O) groups is 1. The molecule has 1 amide bonds. The molecule has 0 saturated carbocycles. The van der Waals surface area contributed by atoms with E-state index < -0.39 is 0 Å². The molecule has 0 fully saturated rings. The first-order valence-electron chi connectivity index (χ1n) is 6.15. The van der Waals surface area contributed by atoms with Crippen LogP contribution in [-0.4, -0.2) is 31.0 Å². The smallest absolute Gasteiger partial charge is 0.239 e. The van der Waals surface area contributed by atoms with Gasteiger partial charge in [-0.2, -0.15) is 0 Å². The summed E-state index contributed by atoms with van der Waals surface area (Å²) in [6, 6.07) is 1.53. The Morgan fingerprint density at radius 2 is 2.10 bits per heavy atom. The lowest BCUT2D eigenvalue weighted by Crippen LogP contribution is -2.37. The third kappa shape index (κ3) is 4.70. The molecule has 8 heteroatoms. The highest BCUT2D eigenvalue weighted by molar-refractivity contribution is 6.37. The lowest BCUT2D eigenvalue weighted by molar-refractivity contribution is -0.119. The molecule has 4 N–H and O–H groups in total. The van der Waals surface area contributed by atoms with E-state index in [1.54, 1.807) is 11.9 Å². The van der Waals surface area contributed by atoms with E-state index in [9.17, 15) is 4.79 Å². The van der Waals surface area contributed by atoms with Gasteiger partial charge in [-0.3, -0.25) is 4.79 Å². The summed E-state index contributed by atoms with van der Waals surface area (Å²) in [5.41, 5.74) is 2.38. The topological polar surface area (TPSA) is 83.3 Å². The number of carbonyl (C=O) groups excluding carboxylic acids is 1. The van der Waals surface area contributed by atoms with Crippen LogP contribution in [0, 0.1) is 5.92 Å². The van der Waals surface area contributed by atoms with Crippen molar-refractivity contribution in [2.24, 2.45) is 11.8 Å². The van der Waals surface area contributed by atoms with E-state index in [0.717, 1.165) is 0 Å². The third-order valence-electron chi connectivity index (χ3n) is 2.50. The van der Waals surface area contributed by atoms with Gasteiger partial charge in [0.05, 0.1) is 16.6 Å². The number of pyridine rings is 1. The van der Waals surface area contributed by atoms with Gasteiger partial charge in [-0.1, -0.05) is 37.0 Å². The van der Waals surface area contributed by atoms with Gasteiger partial charge in [0.1, 0.15) is 5.82 Å². The van der Waals surface area contributed by atoms with Crippen LogP contribution >= 0.6 is 23.2 Å². The first-order chi connectivity index (χ1) is 9.35. The quantitative estimate of drug-likeness (QED) is 0.551. The molecule has 6 nitrogen and oxygen atoms in total. The maximum atomic E-state index is 11.8. The molecule has 1 aromatic rings. The minimum Gasteiger partial charge on any atom is -0.354 e. The Kier molecular flexibility index (Phi) is 6.32. The van der Waals surface area contributed by atoms with E-state index in [0.29, 0.717) is 34.1 Å². The fourth-order valence-electron chi connectivity index (χ4n) is 1.49. The molecule has 112 valence electrons. The number of hydrogen-bond donors (Lipinski definition) is 3. The van der Waals surface area contributed by atoms with Crippen LogP contribution < -0.4 is 21.5 Å². The fraction of sp³-hybridized carbons (Fsp3) is 0.500. The lowest BCUT2D eigenvalue weighted by atomic mass is 10.2. The second-order valence-electron chi connectivity index (χ2n) is 4.82. The number of anilines is 2. The molecule has 0 unspecified atom stereocenters. The Hall–Kier alpha value is -1.24. The molecule has 0 radical (unpaired) electrons. The van der Waals surface area contributed by atoms with Crippen LogP contribution in [0.2, 0.25) is 10.0 Å². The zero-order chi connectivity index (χ0) is 15.3. The van der Waals surface area contributed by atoms with Gasteiger partial charge < -0.3 is 15.6 Å². The highest BCUT2D eigenvalue weighted by Gasteiger charge is 2.15. The monoisotopic (exact) mass is 319 g/mol. The minimum atomic E-state index is -0.101. The maximum Gasteiger partial charge on any atom is 0.239 e. The molecule has 1 rings (SSSR count). The molecule has 0 aromatic carbocycles. The van der Waals surface area contributed by atoms with Gasteiger partial charge >= 0.3 is 0 Å². The molecule has 1 heterocycles. The van der Waals surface area contributed by atoms with Crippen LogP contribution in [0.5, 0.6) is 0 Å². The Bertz CT molecular complexity index is 481. The number of halogens is 2. The summed E-state index contributed by atoms with van der Waals surface area (Å²) < 4.78 is 0. The number of amides is 1. The van der Waals surface area contributed by atoms with Crippen molar-refractivity contribution in [2.45, 2.75) is 13.8 Å². The van der Waals surface area contributed by atoms with E-state index >= 15 is 0 Å². The number of likely N-dealkylation sites (N-methyl/N-ethyl adjacent to an activating group) is 1. The van der Waals surface area contributed by atoms with Crippen molar-refractivity contribution in [3.63, 3.8) is 0 Å². The average molecular weight is 320 g/mol. The summed E-state index contributed by atoms with van der Waals surface area (Å²) in [6.45, 7) is 4.83. The van der Waals surface area contributed by atoms with Crippen molar-refractivity contribution in [3.05, 3.63) is 16.1 Å². The molecule has 0 spiro atoms. The second-order valence-corrected chi connectivity index (χ2v) is 5.64. The summed E-state index contributed by atoms with van der Waals surface area (Å²) in [6.07, 6.45) is 0. The van der Waals surface area contributed by atoms with Crippen molar-refractivity contribution in [3.8, 4) is 0 Å². The van der Waals surface area contributed by atoms with E-state index in [1.165, 1.54) is 6.07 Å². The van der Waals surface area contributed by atoms with Crippen LogP contribution in [0.1, 0.15) is 13.8 Å². The summed E-state index contributed by atoms with van der Waals surface area (Å²) in [5, 5.41) is 3.50. The SMILES string of the molecule is CC(C)CNC(=O)CN(C)c1nc(NN)c(Cl)cc1Cl. The Morgan fingerprint density at radius 1 is 1.45 bits per heavy atom. The number of aromatic nitrogens is 1. The largest absolute Gasteiger partial charge is 0.354 e. The normalized spacial score (nSPS) is 10.6. The van der Waals surface area contributed by atoms with Crippen LogP contribution in [0.4, 0.5) is 11.6 Å². The van der Waals surface area contributed by atoms with Crippen molar-refractivity contribution in [1.82, 2.24) is 10.3 Å². The third-order valence-corrected chi connectivity index (χ3v) is 3.06. The fourth-order valence-corrected chi connectivity index (χ4v) is 2.05. The van der Waals surface area contributed by atoms with Crippen molar-refractivity contribution in [1.29, 1.82) is 0 Å². The minimum absolute atomic E-state index is 0.101. The van der Waals surface area contributed by atoms with Gasteiger partial charge in [0.25, 0.3) is 0 Å². The molecular formula is C12H19Cl2N5O. The van der Waals surface area contributed by atoms with E-state index in [-0.39, 0.29) is 12.5 Å². The molecule has 0 saturated heterocycles. The molecule has 20 heavy (non-hydrogen) atoms. The molecule has 0 atom stereocenters. The summed E-state index contributed by atoms with van der Waals surface area (Å²) in [5.74, 6) is 6.35. The van der Waals surface area contributed by atoms with Gasteiger partial charge in [0, 0.05) is 13.6 Å². The zero-order valence-corrected chi connectivity index (χ0v) is 13.2. The highest BCUT2D eigenvalue weighted by atomic mass is 35.5. The van der Waals surface area contributed by atoms with E-state index in [1.807, 2.05) is 13.8 Å². The summed E-state index contributed by atoms with van der Waals surface area (Å²) >= 11 is 12.0. The van der Waals surface area contributed by atoms with Crippen LogP contribution in [0.25, 0.3) is 0 Å². The Balaban J connectivity index is 2.76. The Labute approximate surface area is 128 Å². The predicted molar refractivity (Wildman–Crippen MR) is 83.2 cm³/mol. The van der Waals surface area contributed by atoms with Crippen LogP contribution in [0.15, 0.2) is 6.07 Å². The number of nitrogen functional groups attached to an aromatic ring is 1. The molecule has 1 aromatic heterocycles. The first-order valence-corrected chi connectivity index (χ1v) is 6.91. The molecular weight excluding hydrogens is 301 g/mol. The first kappa shape index (κ1) is 16.8. The maximum absolute atomic E-state index is 11.8. The number of nitrogens with one attached hydrogen (secondary N) is 2.